The molecule has 0 saturated heterocycles. The third-order valence-corrected chi connectivity index (χ3v) is 2.08. The van der Waals surface area contributed by atoms with Gasteiger partial charge < -0.3 is 11.1 Å². The standard InChI is InChI=1S/C11H17N3O/c1-2-3-4-7-13-11(15)10-6-5-9(12)8-14-10/h5-6,8H,2-4,7,12H2,1H3,(H,13,15). The van der Waals surface area contributed by atoms with Gasteiger partial charge in [0, 0.05) is 6.54 Å². The highest BCUT2D eigenvalue weighted by Crippen LogP contribution is 2.01. The van der Waals surface area contributed by atoms with Crippen molar-refractivity contribution in [3.63, 3.8) is 0 Å². The van der Waals surface area contributed by atoms with Gasteiger partial charge in [-0.3, -0.25) is 4.79 Å². The van der Waals surface area contributed by atoms with Crippen molar-refractivity contribution in [1.29, 1.82) is 0 Å². The first-order chi connectivity index (χ1) is 7.24. The highest BCUT2D eigenvalue weighted by atomic mass is 16.1. The zero-order chi connectivity index (χ0) is 11.1. The van der Waals surface area contributed by atoms with Crippen LogP contribution in [-0.2, 0) is 0 Å². The molecule has 1 aromatic heterocycles. The largest absolute Gasteiger partial charge is 0.397 e. The van der Waals surface area contributed by atoms with Crippen molar-refractivity contribution < 1.29 is 4.79 Å². The molecule has 4 nitrogen and oxygen atoms in total. The maximum atomic E-state index is 11.5. The summed E-state index contributed by atoms with van der Waals surface area (Å²) < 4.78 is 0. The van der Waals surface area contributed by atoms with Gasteiger partial charge in [0.1, 0.15) is 5.69 Å². The SMILES string of the molecule is CCCCCNC(=O)c1ccc(N)cn1. The predicted octanol–water partition coefficient (Wildman–Crippen LogP) is 1.58. The van der Waals surface area contributed by atoms with Crippen molar-refractivity contribution in [2.24, 2.45) is 0 Å². The normalized spacial score (nSPS) is 9.93. The smallest absolute Gasteiger partial charge is 0.269 e. The number of amides is 1. The molecule has 0 radical (unpaired) electrons. The molecule has 0 fully saturated rings. The molecule has 4 heteroatoms. The zero-order valence-corrected chi connectivity index (χ0v) is 8.99. The lowest BCUT2D eigenvalue weighted by Crippen LogP contribution is -2.25. The van der Waals surface area contributed by atoms with E-state index in [9.17, 15) is 4.79 Å². The number of nitrogens with two attached hydrogens (primary N) is 1. The number of pyridine rings is 1. The van der Waals surface area contributed by atoms with Gasteiger partial charge in [0.25, 0.3) is 5.91 Å². The van der Waals surface area contributed by atoms with Crippen LogP contribution in [0.3, 0.4) is 0 Å². The van der Waals surface area contributed by atoms with E-state index in [1.54, 1.807) is 12.1 Å². The number of carbonyl (C=O) groups is 1. The van der Waals surface area contributed by atoms with Crippen LogP contribution in [0.1, 0.15) is 36.7 Å². The first-order valence-corrected chi connectivity index (χ1v) is 5.23. The third kappa shape index (κ3) is 3.97. The predicted molar refractivity (Wildman–Crippen MR) is 60.5 cm³/mol. The number of unbranched alkanes of at least 4 members (excludes halogenated alkanes) is 2. The van der Waals surface area contributed by atoms with E-state index in [2.05, 4.69) is 17.2 Å². The minimum absolute atomic E-state index is 0.133. The Bertz CT molecular complexity index is 308. The topological polar surface area (TPSA) is 68.0 Å². The summed E-state index contributed by atoms with van der Waals surface area (Å²) in [7, 11) is 0. The fraction of sp³-hybridized carbons (Fsp3) is 0.455. The summed E-state index contributed by atoms with van der Waals surface area (Å²) in [5.41, 5.74) is 6.46. The van der Waals surface area contributed by atoms with Crippen LogP contribution in [0.15, 0.2) is 18.3 Å². The van der Waals surface area contributed by atoms with Crippen molar-refractivity contribution in [2.45, 2.75) is 26.2 Å². The number of carbonyl (C=O) groups excluding carboxylic acids is 1. The molecule has 0 aliphatic carbocycles. The Morgan fingerprint density at radius 2 is 2.27 bits per heavy atom. The van der Waals surface area contributed by atoms with Crippen LogP contribution in [0.2, 0.25) is 0 Å². The Morgan fingerprint density at radius 1 is 1.47 bits per heavy atom. The average Bonchev–Trinajstić information content (AvgIpc) is 2.25. The molecular weight excluding hydrogens is 190 g/mol. The monoisotopic (exact) mass is 207 g/mol. The summed E-state index contributed by atoms with van der Waals surface area (Å²) in [4.78, 5) is 15.4. The van der Waals surface area contributed by atoms with Crippen molar-refractivity contribution >= 4 is 11.6 Å². The van der Waals surface area contributed by atoms with E-state index >= 15 is 0 Å². The fourth-order valence-corrected chi connectivity index (χ4v) is 1.21. The molecule has 1 rings (SSSR count). The minimum atomic E-state index is -0.133. The lowest BCUT2D eigenvalue weighted by Gasteiger charge is -2.03. The third-order valence-electron chi connectivity index (χ3n) is 2.08. The van der Waals surface area contributed by atoms with Gasteiger partial charge in [0.15, 0.2) is 0 Å². The number of nitrogens with one attached hydrogen (secondary N) is 1. The zero-order valence-electron chi connectivity index (χ0n) is 8.99. The Kier molecular flexibility index (Phi) is 4.60. The molecule has 1 heterocycles. The van der Waals surface area contributed by atoms with Crippen LogP contribution in [0, 0.1) is 0 Å². The number of anilines is 1. The first-order valence-electron chi connectivity index (χ1n) is 5.23. The Hall–Kier alpha value is -1.58. The minimum Gasteiger partial charge on any atom is -0.397 e. The van der Waals surface area contributed by atoms with Crippen molar-refractivity contribution in [3.05, 3.63) is 24.0 Å². The van der Waals surface area contributed by atoms with Crippen molar-refractivity contribution in [1.82, 2.24) is 10.3 Å². The van der Waals surface area contributed by atoms with Crippen LogP contribution in [0.4, 0.5) is 5.69 Å². The molecular formula is C11H17N3O. The van der Waals surface area contributed by atoms with Crippen LogP contribution in [0.5, 0.6) is 0 Å². The van der Waals surface area contributed by atoms with Gasteiger partial charge in [-0.2, -0.15) is 0 Å². The van der Waals surface area contributed by atoms with E-state index in [0.717, 1.165) is 19.3 Å². The molecule has 3 N–H and O–H groups in total. The number of nitrogens with zero attached hydrogens (tertiary/aromatic N) is 1. The van der Waals surface area contributed by atoms with E-state index in [1.807, 2.05) is 0 Å². The maximum Gasteiger partial charge on any atom is 0.269 e. The number of nitrogen functional groups attached to an aromatic ring is 1. The van der Waals surface area contributed by atoms with Gasteiger partial charge >= 0.3 is 0 Å². The van der Waals surface area contributed by atoms with Gasteiger partial charge in [0.2, 0.25) is 0 Å². The molecule has 82 valence electrons. The molecule has 1 amide bonds. The Balaban J connectivity index is 2.37. The average molecular weight is 207 g/mol. The van der Waals surface area contributed by atoms with Gasteiger partial charge in [-0.15, -0.1) is 0 Å². The van der Waals surface area contributed by atoms with Gasteiger partial charge in [0.05, 0.1) is 11.9 Å². The lowest BCUT2D eigenvalue weighted by molar-refractivity contribution is 0.0948. The summed E-state index contributed by atoms with van der Waals surface area (Å²) >= 11 is 0. The van der Waals surface area contributed by atoms with Crippen LogP contribution >= 0.6 is 0 Å². The molecule has 0 spiro atoms. The number of hydrogen-bond acceptors (Lipinski definition) is 3. The van der Waals surface area contributed by atoms with Crippen molar-refractivity contribution in [3.8, 4) is 0 Å². The van der Waals surface area contributed by atoms with E-state index in [0.29, 0.717) is 17.9 Å². The van der Waals surface area contributed by atoms with E-state index in [4.69, 9.17) is 5.73 Å². The Labute approximate surface area is 89.9 Å². The summed E-state index contributed by atoms with van der Waals surface area (Å²) in [6, 6.07) is 3.30. The molecule has 0 saturated carbocycles. The maximum absolute atomic E-state index is 11.5. The summed E-state index contributed by atoms with van der Waals surface area (Å²) in [6.07, 6.45) is 4.78. The molecule has 0 aromatic carbocycles. The summed E-state index contributed by atoms with van der Waals surface area (Å²) in [5, 5.41) is 2.81. The molecule has 0 aliphatic rings. The van der Waals surface area contributed by atoms with E-state index in [-0.39, 0.29) is 5.91 Å². The molecule has 1 aromatic rings. The molecule has 0 atom stereocenters. The first kappa shape index (κ1) is 11.5. The lowest BCUT2D eigenvalue weighted by atomic mass is 10.2. The summed E-state index contributed by atoms with van der Waals surface area (Å²) in [5.74, 6) is -0.133. The number of aromatic nitrogens is 1. The summed E-state index contributed by atoms with van der Waals surface area (Å²) in [6.45, 7) is 2.84. The van der Waals surface area contributed by atoms with E-state index in [1.165, 1.54) is 6.20 Å². The molecule has 15 heavy (non-hydrogen) atoms. The highest BCUT2D eigenvalue weighted by Gasteiger charge is 2.04. The highest BCUT2D eigenvalue weighted by molar-refractivity contribution is 5.92. The van der Waals surface area contributed by atoms with Crippen LogP contribution in [-0.4, -0.2) is 17.4 Å². The fourth-order valence-electron chi connectivity index (χ4n) is 1.21. The molecule has 0 aliphatic heterocycles. The van der Waals surface area contributed by atoms with Gasteiger partial charge in [-0.1, -0.05) is 19.8 Å². The van der Waals surface area contributed by atoms with E-state index < -0.39 is 0 Å². The second-order valence-electron chi connectivity index (χ2n) is 3.44. The van der Waals surface area contributed by atoms with Gasteiger partial charge in [-0.25, -0.2) is 4.98 Å². The second-order valence-corrected chi connectivity index (χ2v) is 3.44. The second kappa shape index (κ2) is 6.01. The quantitative estimate of drug-likeness (QED) is 0.720. The van der Waals surface area contributed by atoms with Crippen LogP contribution in [0.25, 0.3) is 0 Å². The molecule has 0 unspecified atom stereocenters. The number of hydrogen-bond donors (Lipinski definition) is 2. The van der Waals surface area contributed by atoms with Crippen LogP contribution < -0.4 is 11.1 Å². The Morgan fingerprint density at radius 3 is 2.87 bits per heavy atom. The number of rotatable bonds is 5. The molecule has 0 bridgehead atoms. The van der Waals surface area contributed by atoms with Crippen molar-refractivity contribution in [2.75, 3.05) is 12.3 Å². The van der Waals surface area contributed by atoms with Gasteiger partial charge in [-0.05, 0) is 18.6 Å².